The SMILES string of the molecule is CC(C)N1CCO[C@@H](CC(=O)N2CCN(CCOc3ccccc3)CC2)C1. The molecule has 0 spiro atoms. The van der Waals surface area contributed by atoms with Crippen LogP contribution in [0.2, 0.25) is 0 Å². The summed E-state index contributed by atoms with van der Waals surface area (Å²) in [7, 11) is 0. The van der Waals surface area contributed by atoms with E-state index in [4.69, 9.17) is 9.47 Å². The third-order valence-corrected chi connectivity index (χ3v) is 5.45. The molecule has 2 saturated heterocycles. The van der Waals surface area contributed by atoms with Gasteiger partial charge < -0.3 is 14.4 Å². The summed E-state index contributed by atoms with van der Waals surface area (Å²) in [4.78, 5) is 19.4. The van der Waals surface area contributed by atoms with Crippen molar-refractivity contribution in [1.29, 1.82) is 0 Å². The van der Waals surface area contributed by atoms with E-state index in [1.165, 1.54) is 0 Å². The van der Waals surface area contributed by atoms with Crippen LogP contribution in [0.25, 0.3) is 0 Å². The molecule has 2 aliphatic rings. The van der Waals surface area contributed by atoms with Crippen molar-refractivity contribution in [3.05, 3.63) is 30.3 Å². The third kappa shape index (κ3) is 6.19. The number of hydrogen-bond donors (Lipinski definition) is 0. The number of carbonyl (C=O) groups is 1. The van der Waals surface area contributed by atoms with Crippen molar-refractivity contribution in [2.75, 3.05) is 59.0 Å². The van der Waals surface area contributed by atoms with Crippen LogP contribution in [0.3, 0.4) is 0 Å². The molecule has 0 bridgehead atoms. The molecule has 2 fully saturated rings. The van der Waals surface area contributed by atoms with Crippen LogP contribution in [0.4, 0.5) is 0 Å². The topological polar surface area (TPSA) is 45.2 Å². The minimum absolute atomic E-state index is 0.0333. The molecule has 0 radical (unpaired) electrons. The lowest BCUT2D eigenvalue weighted by atomic mass is 10.1. The molecule has 150 valence electrons. The van der Waals surface area contributed by atoms with Crippen LogP contribution in [-0.4, -0.2) is 91.8 Å². The third-order valence-electron chi connectivity index (χ3n) is 5.45. The van der Waals surface area contributed by atoms with E-state index in [1.807, 2.05) is 35.2 Å². The maximum Gasteiger partial charge on any atom is 0.225 e. The van der Waals surface area contributed by atoms with Gasteiger partial charge in [0.25, 0.3) is 0 Å². The van der Waals surface area contributed by atoms with Crippen LogP contribution >= 0.6 is 0 Å². The molecule has 1 amide bonds. The fourth-order valence-electron chi connectivity index (χ4n) is 3.69. The Bertz CT molecular complexity index is 573. The molecule has 0 N–H and O–H groups in total. The van der Waals surface area contributed by atoms with Gasteiger partial charge in [-0.25, -0.2) is 0 Å². The lowest BCUT2D eigenvalue weighted by Crippen LogP contribution is -2.51. The number of hydrogen-bond acceptors (Lipinski definition) is 5. The number of para-hydroxylation sites is 1. The van der Waals surface area contributed by atoms with Gasteiger partial charge in [0.15, 0.2) is 0 Å². The van der Waals surface area contributed by atoms with Crippen molar-refractivity contribution in [2.45, 2.75) is 32.4 Å². The number of ether oxygens (including phenoxy) is 2. The van der Waals surface area contributed by atoms with Crippen molar-refractivity contribution < 1.29 is 14.3 Å². The number of morpholine rings is 1. The second-order valence-electron chi connectivity index (χ2n) is 7.67. The normalized spacial score (nSPS) is 22.2. The molecule has 27 heavy (non-hydrogen) atoms. The number of amides is 1. The molecule has 2 heterocycles. The summed E-state index contributed by atoms with van der Waals surface area (Å²) in [5, 5.41) is 0. The van der Waals surface area contributed by atoms with Gasteiger partial charge in [-0.1, -0.05) is 18.2 Å². The van der Waals surface area contributed by atoms with E-state index in [9.17, 15) is 4.79 Å². The summed E-state index contributed by atoms with van der Waals surface area (Å²) in [6.07, 6.45) is 0.534. The second-order valence-corrected chi connectivity index (χ2v) is 7.67. The van der Waals surface area contributed by atoms with Gasteiger partial charge in [0.05, 0.1) is 19.1 Å². The zero-order valence-electron chi connectivity index (χ0n) is 16.7. The van der Waals surface area contributed by atoms with E-state index in [0.717, 1.165) is 58.2 Å². The molecule has 0 unspecified atom stereocenters. The van der Waals surface area contributed by atoms with Gasteiger partial charge in [0.2, 0.25) is 5.91 Å². The molecule has 0 aliphatic carbocycles. The maximum atomic E-state index is 12.6. The molecular formula is C21H33N3O3. The van der Waals surface area contributed by atoms with E-state index >= 15 is 0 Å². The van der Waals surface area contributed by atoms with E-state index in [0.29, 0.717) is 19.1 Å². The lowest BCUT2D eigenvalue weighted by molar-refractivity contribution is -0.138. The predicted molar refractivity (Wildman–Crippen MR) is 106 cm³/mol. The Labute approximate surface area is 163 Å². The van der Waals surface area contributed by atoms with Crippen LogP contribution in [-0.2, 0) is 9.53 Å². The van der Waals surface area contributed by atoms with Crippen LogP contribution in [0.5, 0.6) is 5.75 Å². The van der Waals surface area contributed by atoms with E-state index in [2.05, 4.69) is 23.6 Å². The first-order valence-corrected chi connectivity index (χ1v) is 10.2. The molecule has 0 aromatic heterocycles. The summed E-state index contributed by atoms with van der Waals surface area (Å²) >= 11 is 0. The number of carbonyl (C=O) groups excluding carboxylic acids is 1. The highest BCUT2D eigenvalue weighted by Gasteiger charge is 2.27. The molecule has 1 aromatic carbocycles. The smallest absolute Gasteiger partial charge is 0.225 e. The van der Waals surface area contributed by atoms with E-state index < -0.39 is 0 Å². The standard InChI is InChI=1S/C21H33N3O3/c1-18(2)24-13-15-27-20(17-24)16-21(25)23-10-8-22(9-11-23)12-14-26-19-6-4-3-5-7-19/h3-7,18,20H,8-17H2,1-2H3/t20-/m0/s1. The van der Waals surface area contributed by atoms with Crippen molar-refractivity contribution in [2.24, 2.45) is 0 Å². The van der Waals surface area contributed by atoms with Gasteiger partial charge in [-0.2, -0.15) is 0 Å². The van der Waals surface area contributed by atoms with Gasteiger partial charge in [-0.15, -0.1) is 0 Å². The van der Waals surface area contributed by atoms with Crippen LogP contribution in [0.15, 0.2) is 30.3 Å². The zero-order chi connectivity index (χ0) is 19.1. The van der Waals surface area contributed by atoms with Crippen molar-refractivity contribution in [1.82, 2.24) is 14.7 Å². The van der Waals surface area contributed by atoms with Crippen molar-refractivity contribution >= 4 is 5.91 Å². The van der Waals surface area contributed by atoms with E-state index in [-0.39, 0.29) is 12.0 Å². The number of rotatable bonds is 7. The summed E-state index contributed by atoms with van der Waals surface area (Å²) in [6.45, 7) is 11.9. The fourth-order valence-corrected chi connectivity index (χ4v) is 3.69. The van der Waals surface area contributed by atoms with Gasteiger partial charge in [-0.05, 0) is 26.0 Å². The number of nitrogens with zero attached hydrogens (tertiary/aromatic N) is 3. The average molecular weight is 376 g/mol. The molecule has 1 aromatic rings. The monoisotopic (exact) mass is 375 g/mol. The molecule has 1 atom stereocenters. The summed E-state index contributed by atoms with van der Waals surface area (Å²) in [6, 6.07) is 10.4. The molecule has 6 heteroatoms. The highest BCUT2D eigenvalue weighted by Crippen LogP contribution is 2.14. The highest BCUT2D eigenvalue weighted by atomic mass is 16.5. The number of benzene rings is 1. The maximum absolute atomic E-state index is 12.6. The Morgan fingerprint density at radius 3 is 2.59 bits per heavy atom. The van der Waals surface area contributed by atoms with Gasteiger partial charge >= 0.3 is 0 Å². The van der Waals surface area contributed by atoms with Crippen LogP contribution in [0.1, 0.15) is 20.3 Å². The highest BCUT2D eigenvalue weighted by molar-refractivity contribution is 5.76. The Morgan fingerprint density at radius 1 is 1.15 bits per heavy atom. The molecule has 2 aliphatic heterocycles. The molecule has 3 rings (SSSR count). The largest absolute Gasteiger partial charge is 0.492 e. The summed E-state index contributed by atoms with van der Waals surface area (Å²) in [5.74, 6) is 1.14. The molecular weight excluding hydrogens is 342 g/mol. The van der Waals surface area contributed by atoms with Crippen LogP contribution < -0.4 is 4.74 Å². The van der Waals surface area contributed by atoms with Gasteiger partial charge in [0, 0.05) is 51.9 Å². The number of piperazine rings is 1. The Kier molecular flexibility index (Phi) is 7.50. The zero-order valence-corrected chi connectivity index (χ0v) is 16.7. The molecule has 6 nitrogen and oxygen atoms in total. The Morgan fingerprint density at radius 2 is 1.89 bits per heavy atom. The van der Waals surface area contributed by atoms with Crippen molar-refractivity contribution in [3.63, 3.8) is 0 Å². The molecule has 0 saturated carbocycles. The second kappa shape index (κ2) is 10.1. The first-order chi connectivity index (χ1) is 13.1. The minimum atomic E-state index is 0.0333. The average Bonchev–Trinajstić information content (AvgIpc) is 2.69. The van der Waals surface area contributed by atoms with Crippen LogP contribution in [0, 0.1) is 0 Å². The summed E-state index contributed by atoms with van der Waals surface area (Å²) in [5.41, 5.74) is 0. The van der Waals surface area contributed by atoms with Gasteiger partial charge in [0.1, 0.15) is 12.4 Å². The Hall–Kier alpha value is -1.63. The quantitative estimate of drug-likeness (QED) is 0.726. The predicted octanol–water partition coefficient (Wildman–Crippen LogP) is 1.71. The van der Waals surface area contributed by atoms with E-state index in [1.54, 1.807) is 0 Å². The minimum Gasteiger partial charge on any atom is -0.492 e. The first kappa shape index (κ1) is 20.1. The van der Waals surface area contributed by atoms with Crippen molar-refractivity contribution in [3.8, 4) is 5.75 Å². The lowest BCUT2D eigenvalue weighted by Gasteiger charge is -2.38. The fraction of sp³-hybridized carbons (Fsp3) is 0.667. The summed E-state index contributed by atoms with van der Waals surface area (Å²) < 4.78 is 11.6. The first-order valence-electron chi connectivity index (χ1n) is 10.2. The Balaban J connectivity index is 1.34. The van der Waals surface area contributed by atoms with Gasteiger partial charge in [-0.3, -0.25) is 14.6 Å².